The molecule has 0 bridgehead atoms. The van der Waals surface area contributed by atoms with Crippen LogP contribution in [-0.2, 0) is 51.9 Å². The van der Waals surface area contributed by atoms with E-state index in [1.807, 2.05) is 59.1 Å². The van der Waals surface area contributed by atoms with Crippen molar-refractivity contribution in [3.63, 3.8) is 0 Å². The second-order valence-electron chi connectivity index (χ2n) is 10.1. The second kappa shape index (κ2) is 13.8. The average Bonchev–Trinajstić information content (AvgIpc) is 3.44. The number of amides is 2. The number of fused-ring (bicyclic) bond motifs is 1. The summed E-state index contributed by atoms with van der Waals surface area (Å²) in [5.41, 5.74) is 4.64. The minimum Gasteiger partial charge on any atom is -0.445 e. The number of nitrogens with one attached hydrogen (secondary N) is 2. The maximum atomic E-state index is 12.3. The van der Waals surface area contributed by atoms with Crippen molar-refractivity contribution in [1.29, 1.82) is 0 Å². The quantitative estimate of drug-likeness (QED) is 0.240. The molecular weight excluding hydrogens is 488 g/mol. The summed E-state index contributed by atoms with van der Waals surface area (Å²) in [6.07, 6.45) is 6.72. The number of aromatic nitrogens is 2. The fourth-order valence-corrected chi connectivity index (χ4v) is 4.44. The number of pyridine rings is 1. The van der Waals surface area contributed by atoms with E-state index >= 15 is 0 Å². The summed E-state index contributed by atoms with van der Waals surface area (Å²) in [4.78, 5) is 36.4. The molecule has 2 aromatic rings. The fraction of sp³-hybridized carbons (Fsp3) is 0.571. The Morgan fingerprint density at radius 1 is 0.947 bits per heavy atom. The van der Waals surface area contributed by atoms with Crippen molar-refractivity contribution in [1.82, 2.24) is 15.2 Å². The predicted molar refractivity (Wildman–Crippen MR) is 141 cm³/mol. The van der Waals surface area contributed by atoms with E-state index in [0.717, 1.165) is 60.3 Å². The van der Waals surface area contributed by atoms with E-state index in [2.05, 4.69) is 15.2 Å². The molecule has 3 heterocycles. The Balaban J connectivity index is 1.87. The van der Waals surface area contributed by atoms with Crippen LogP contribution in [0.4, 0.5) is 9.59 Å². The second-order valence-corrected chi connectivity index (χ2v) is 10.1. The smallest absolute Gasteiger partial charge is 0.407 e. The van der Waals surface area contributed by atoms with Gasteiger partial charge in [0.1, 0.15) is 13.2 Å². The zero-order valence-corrected chi connectivity index (χ0v) is 23.2. The lowest BCUT2D eigenvalue weighted by molar-refractivity contribution is -0.727. The van der Waals surface area contributed by atoms with E-state index in [4.69, 9.17) is 14.2 Å². The Morgan fingerprint density at radius 2 is 1.55 bits per heavy atom. The van der Waals surface area contributed by atoms with Crippen LogP contribution in [0.15, 0.2) is 24.5 Å². The summed E-state index contributed by atoms with van der Waals surface area (Å²) < 4.78 is 20.5. The zero-order chi connectivity index (χ0) is 27.7. The third-order valence-corrected chi connectivity index (χ3v) is 6.17. The lowest BCUT2D eigenvalue weighted by Crippen LogP contribution is -2.35. The maximum Gasteiger partial charge on any atom is 0.407 e. The first-order chi connectivity index (χ1) is 18.2. The molecule has 0 unspecified atom stereocenters. The molecule has 2 amide bonds. The van der Waals surface area contributed by atoms with Crippen molar-refractivity contribution in [3.8, 4) is 11.3 Å². The summed E-state index contributed by atoms with van der Waals surface area (Å²) in [7, 11) is 0. The molecule has 208 valence electrons. The molecule has 1 aliphatic heterocycles. The van der Waals surface area contributed by atoms with Crippen molar-refractivity contribution < 1.29 is 33.2 Å². The first kappa shape index (κ1) is 29.0. The van der Waals surface area contributed by atoms with Crippen LogP contribution in [0.5, 0.6) is 0 Å². The standard InChI is InChI=1S/C28H40N4O6/c1-6-7-10-25(33)38-18-31-14-11-21(12-15-31)26-23(17-37-28(35)30-20(4)5)22(24-9-8-13-32(24)26)16-36-27(34)29-19(2)3/h11-12,14-15,19-20H,6-10,13,16-18H2,1-5H3,(H-,29,30,34,35)/p+1. The molecule has 0 atom stereocenters. The highest BCUT2D eigenvalue weighted by Gasteiger charge is 2.28. The molecule has 0 aliphatic carbocycles. The molecule has 0 spiro atoms. The fourth-order valence-electron chi connectivity index (χ4n) is 4.44. The molecule has 38 heavy (non-hydrogen) atoms. The van der Waals surface area contributed by atoms with Gasteiger partial charge in [0, 0.05) is 59.6 Å². The SMILES string of the molecule is CCCCC(=O)OC[n+]1ccc(-c2c(COC(=O)NC(C)C)c(COC(=O)NC(C)C)c3n2CCC3)cc1. The topological polar surface area (TPSA) is 112 Å². The molecule has 0 saturated carbocycles. The molecule has 0 saturated heterocycles. The van der Waals surface area contributed by atoms with Crippen molar-refractivity contribution in [2.45, 2.75) is 105 Å². The number of carbonyl (C=O) groups is 3. The Morgan fingerprint density at radius 3 is 2.13 bits per heavy atom. The molecule has 10 nitrogen and oxygen atoms in total. The van der Waals surface area contributed by atoms with Crippen LogP contribution >= 0.6 is 0 Å². The molecule has 0 radical (unpaired) electrons. The number of rotatable bonds is 12. The molecule has 0 fully saturated rings. The van der Waals surface area contributed by atoms with E-state index in [9.17, 15) is 14.4 Å². The number of unbranched alkanes of at least 4 members (excludes halogenated alkanes) is 1. The Labute approximate surface area is 224 Å². The molecular formula is C28H41N4O6+. The third kappa shape index (κ3) is 7.97. The minimum absolute atomic E-state index is 0.0396. The van der Waals surface area contributed by atoms with Gasteiger partial charge >= 0.3 is 18.2 Å². The van der Waals surface area contributed by atoms with Crippen LogP contribution in [0, 0.1) is 0 Å². The average molecular weight is 530 g/mol. The molecule has 2 aromatic heterocycles. The molecule has 1 aliphatic rings. The van der Waals surface area contributed by atoms with Crippen molar-refractivity contribution >= 4 is 18.2 Å². The van der Waals surface area contributed by atoms with Gasteiger partial charge in [0.05, 0.1) is 5.69 Å². The highest BCUT2D eigenvalue weighted by atomic mass is 16.6. The largest absolute Gasteiger partial charge is 0.445 e. The zero-order valence-electron chi connectivity index (χ0n) is 23.2. The van der Waals surface area contributed by atoms with Gasteiger partial charge < -0.3 is 29.4 Å². The van der Waals surface area contributed by atoms with E-state index in [-0.39, 0.29) is 38.0 Å². The monoisotopic (exact) mass is 529 g/mol. The summed E-state index contributed by atoms with van der Waals surface area (Å²) in [5.74, 6) is -0.210. The van der Waals surface area contributed by atoms with Gasteiger partial charge in [-0.15, -0.1) is 0 Å². The highest BCUT2D eigenvalue weighted by Crippen LogP contribution is 2.36. The first-order valence-electron chi connectivity index (χ1n) is 13.4. The molecule has 0 aromatic carbocycles. The first-order valence-corrected chi connectivity index (χ1v) is 13.4. The lowest BCUT2D eigenvalue weighted by Gasteiger charge is -2.14. The van der Waals surface area contributed by atoms with Crippen LogP contribution < -0.4 is 15.2 Å². The lowest BCUT2D eigenvalue weighted by atomic mass is 10.0. The Bertz CT molecular complexity index is 1110. The Kier molecular flexibility index (Phi) is 10.6. The normalized spacial score (nSPS) is 12.4. The van der Waals surface area contributed by atoms with Gasteiger partial charge in [-0.1, -0.05) is 13.3 Å². The number of ether oxygens (including phenoxy) is 3. The van der Waals surface area contributed by atoms with E-state index < -0.39 is 12.2 Å². The molecule has 3 rings (SSSR count). The van der Waals surface area contributed by atoms with Gasteiger partial charge in [0.25, 0.3) is 6.73 Å². The van der Waals surface area contributed by atoms with Crippen LogP contribution in [-0.4, -0.2) is 34.8 Å². The van der Waals surface area contributed by atoms with Crippen LogP contribution in [0.3, 0.4) is 0 Å². The van der Waals surface area contributed by atoms with Crippen LogP contribution in [0.25, 0.3) is 11.3 Å². The summed E-state index contributed by atoms with van der Waals surface area (Å²) in [6, 6.07) is 3.81. The summed E-state index contributed by atoms with van der Waals surface area (Å²) in [5, 5.41) is 5.49. The summed E-state index contributed by atoms with van der Waals surface area (Å²) in [6.45, 7) is 10.6. The summed E-state index contributed by atoms with van der Waals surface area (Å²) >= 11 is 0. The van der Waals surface area contributed by atoms with Crippen LogP contribution in [0.2, 0.25) is 0 Å². The minimum atomic E-state index is -0.502. The maximum absolute atomic E-state index is 12.3. The van der Waals surface area contributed by atoms with Crippen molar-refractivity contribution in [2.75, 3.05) is 0 Å². The van der Waals surface area contributed by atoms with E-state index in [0.29, 0.717) is 6.42 Å². The van der Waals surface area contributed by atoms with E-state index in [1.54, 1.807) is 4.57 Å². The van der Waals surface area contributed by atoms with Crippen LogP contribution in [0.1, 0.15) is 77.1 Å². The number of alkyl carbamates (subject to hydrolysis) is 2. The van der Waals surface area contributed by atoms with Gasteiger partial charge in [-0.3, -0.25) is 4.79 Å². The number of hydrogen-bond acceptors (Lipinski definition) is 6. The highest BCUT2D eigenvalue weighted by molar-refractivity contribution is 5.71. The van der Waals surface area contributed by atoms with Gasteiger partial charge in [-0.05, 0) is 47.0 Å². The molecule has 2 N–H and O–H groups in total. The number of nitrogens with zero attached hydrogens (tertiary/aromatic N) is 2. The number of esters is 1. The number of hydrogen-bond donors (Lipinski definition) is 2. The number of carbonyl (C=O) groups excluding carboxylic acids is 3. The predicted octanol–water partition coefficient (Wildman–Crippen LogP) is 4.35. The van der Waals surface area contributed by atoms with E-state index in [1.165, 1.54) is 0 Å². The van der Waals surface area contributed by atoms with Crippen molar-refractivity contribution in [3.05, 3.63) is 41.3 Å². The third-order valence-electron chi connectivity index (χ3n) is 6.17. The van der Waals surface area contributed by atoms with Gasteiger partial charge in [0.2, 0.25) is 0 Å². The Hall–Kier alpha value is -3.56. The van der Waals surface area contributed by atoms with Crippen molar-refractivity contribution in [2.24, 2.45) is 0 Å². The van der Waals surface area contributed by atoms with Gasteiger partial charge in [-0.2, -0.15) is 4.57 Å². The van der Waals surface area contributed by atoms with Gasteiger partial charge in [0.15, 0.2) is 12.4 Å². The van der Waals surface area contributed by atoms with Gasteiger partial charge in [-0.25, -0.2) is 9.59 Å². The molecule has 10 heteroatoms.